The standard InChI is InChI=1S/C19H19NO3/c1-4-12-5-7-13(8-6-12)9-16-19(21)18-15(20-16)10-14(22-2)11-17(18)23-3/h5-11,20H,4H2,1-3H3/b16-9-. The fourth-order valence-corrected chi connectivity index (χ4v) is 2.66. The number of rotatable bonds is 4. The first-order valence-electron chi connectivity index (χ1n) is 7.54. The first-order chi connectivity index (χ1) is 11.2. The van der Waals surface area contributed by atoms with Gasteiger partial charge in [-0.25, -0.2) is 0 Å². The maximum atomic E-state index is 12.7. The van der Waals surface area contributed by atoms with Crippen LogP contribution in [0.1, 0.15) is 28.4 Å². The zero-order valence-electron chi connectivity index (χ0n) is 13.5. The molecule has 0 amide bonds. The number of Topliss-reactive ketones (excluding diaryl/α,β-unsaturated/α-hetero) is 1. The molecule has 0 spiro atoms. The summed E-state index contributed by atoms with van der Waals surface area (Å²) in [6.45, 7) is 2.12. The number of fused-ring (bicyclic) bond motifs is 1. The van der Waals surface area contributed by atoms with Crippen molar-refractivity contribution in [3.8, 4) is 11.5 Å². The highest BCUT2D eigenvalue weighted by Crippen LogP contribution is 2.39. The molecule has 2 aromatic carbocycles. The summed E-state index contributed by atoms with van der Waals surface area (Å²) >= 11 is 0. The van der Waals surface area contributed by atoms with Gasteiger partial charge in [0.2, 0.25) is 5.78 Å². The van der Waals surface area contributed by atoms with Crippen molar-refractivity contribution in [3.63, 3.8) is 0 Å². The molecule has 0 aliphatic carbocycles. The molecule has 1 N–H and O–H groups in total. The lowest BCUT2D eigenvalue weighted by Gasteiger charge is -2.08. The van der Waals surface area contributed by atoms with E-state index in [1.54, 1.807) is 26.4 Å². The second-order valence-electron chi connectivity index (χ2n) is 5.36. The molecule has 4 heteroatoms. The lowest BCUT2D eigenvalue weighted by atomic mass is 10.1. The summed E-state index contributed by atoms with van der Waals surface area (Å²) in [6, 6.07) is 11.7. The average molecular weight is 309 g/mol. The van der Waals surface area contributed by atoms with E-state index < -0.39 is 0 Å². The van der Waals surface area contributed by atoms with Crippen molar-refractivity contribution in [2.75, 3.05) is 19.5 Å². The molecule has 0 aromatic heterocycles. The van der Waals surface area contributed by atoms with E-state index in [0.717, 1.165) is 12.0 Å². The molecule has 0 atom stereocenters. The van der Waals surface area contributed by atoms with Gasteiger partial charge in [0.15, 0.2) is 0 Å². The highest BCUT2D eigenvalue weighted by molar-refractivity contribution is 6.22. The third kappa shape index (κ3) is 2.80. The third-order valence-electron chi connectivity index (χ3n) is 3.97. The van der Waals surface area contributed by atoms with Crippen LogP contribution < -0.4 is 14.8 Å². The number of ether oxygens (including phenoxy) is 2. The van der Waals surface area contributed by atoms with Crippen LogP contribution in [0, 0.1) is 0 Å². The molecule has 0 unspecified atom stereocenters. The van der Waals surface area contributed by atoms with Gasteiger partial charge in [-0.05, 0) is 23.6 Å². The van der Waals surface area contributed by atoms with Crippen LogP contribution in [0.4, 0.5) is 5.69 Å². The van der Waals surface area contributed by atoms with Crippen molar-refractivity contribution in [1.29, 1.82) is 0 Å². The Morgan fingerprint density at radius 2 is 1.83 bits per heavy atom. The highest BCUT2D eigenvalue weighted by Gasteiger charge is 2.29. The minimum Gasteiger partial charge on any atom is -0.497 e. The van der Waals surface area contributed by atoms with Crippen LogP contribution in [0.5, 0.6) is 11.5 Å². The fraction of sp³-hybridized carbons (Fsp3) is 0.211. The van der Waals surface area contributed by atoms with E-state index in [1.165, 1.54) is 5.56 Å². The molecule has 2 aromatic rings. The van der Waals surface area contributed by atoms with Crippen molar-refractivity contribution >= 4 is 17.5 Å². The number of allylic oxidation sites excluding steroid dienone is 1. The number of methoxy groups -OCH3 is 2. The van der Waals surface area contributed by atoms with Crippen LogP contribution in [0.2, 0.25) is 0 Å². The molecule has 0 bridgehead atoms. The Bertz CT molecular complexity index is 776. The molecule has 0 radical (unpaired) electrons. The Kier molecular flexibility index (Phi) is 4.06. The van der Waals surface area contributed by atoms with Gasteiger partial charge in [-0.15, -0.1) is 0 Å². The third-order valence-corrected chi connectivity index (χ3v) is 3.97. The number of carbonyl (C=O) groups is 1. The maximum absolute atomic E-state index is 12.7. The molecule has 0 fully saturated rings. The van der Waals surface area contributed by atoms with Gasteiger partial charge in [0.25, 0.3) is 0 Å². The summed E-state index contributed by atoms with van der Waals surface area (Å²) < 4.78 is 10.6. The molecule has 1 heterocycles. The Balaban J connectivity index is 1.97. The maximum Gasteiger partial charge on any atom is 0.215 e. The Labute approximate surface area is 135 Å². The zero-order chi connectivity index (χ0) is 16.4. The van der Waals surface area contributed by atoms with Gasteiger partial charge in [-0.3, -0.25) is 4.79 Å². The quantitative estimate of drug-likeness (QED) is 0.870. The van der Waals surface area contributed by atoms with Crippen molar-refractivity contribution in [3.05, 3.63) is 58.8 Å². The first-order valence-corrected chi connectivity index (χ1v) is 7.54. The monoisotopic (exact) mass is 309 g/mol. The van der Waals surface area contributed by atoms with E-state index in [4.69, 9.17) is 9.47 Å². The number of carbonyl (C=O) groups excluding carboxylic acids is 1. The molecule has 1 aliphatic rings. The molecule has 1 aliphatic heterocycles. The number of nitrogens with one attached hydrogen (secondary N) is 1. The highest BCUT2D eigenvalue weighted by atomic mass is 16.5. The lowest BCUT2D eigenvalue weighted by molar-refractivity contribution is 0.104. The number of anilines is 1. The predicted molar refractivity (Wildman–Crippen MR) is 91.3 cm³/mol. The number of hydrogen-bond donors (Lipinski definition) is 1. The molecule has 118 valence electrons. The SMILES string of the molecule is CCc1ccc(/C=C2\Nc3cc(OC)cc(OC)c3C2=O)cc1. The van der Waals surface area contributed by atoms with Gasteiger partial charge in [0.05, 0.1) is 31.2 Å². The smallest absolute Gasteiger partial charge is 0.215 e. The molecular formula is C19H19NO3. The van der Waals surface area contributed by atoms with Gasteiger partial charge >= 0.3 is 0 Å². The van der Waals surface area contributed by atoms with Crippen LogP contribution in [0.25, 0.3) is 6.08 Å². The van der Waals surface area contributed by atoms with E-state index in [1.807, 2.05) is 18.2 Å². The van der Waals surface area contributed by atoms with Gasteiger partial charge < -0.3 is 14.8 Å². The van der Waals surface area contributed by atoms with Crippen LogP contribution in [0.15, 0.2) is 42.1 Å². The van der Waals surface area contributed by atoms with Gasteiger partial charge in [-0.2, -0.15) is 0 Å². The Morgan fingerprint density at radius 1 is 1.09 bits per heavy atom. The van der Waals surface area contributed by atoms with Crippen molar-refractivity contribution in [1.82, 2.24) is 0 Å². The van der Waals surface area contributed by atoms with Crippen molar-refractivity contribution in [2.24, 2.45) is 0 Å². The van der Waals surface area contributed by atoms with Crippen LogP contribution in [0.3, 0.4) is 0 Å². The molecule has 0 saturated heterocycles. The fourth-order valence-electron chi connectivity index (χ4n) is 2.66. The second-order valence-corrected chi connectivity index (χ2v) is 5.36. The van der Waals surface area contributed by atoms with E-state index in [0.29, 0.717) is 28.4 Å². The minimum atomic E-state index is -0.0703. The largest absolute Gasteiger partial charge is 0.497 e. The summed E-state index contributed by atoms with van der Waals surface area (Å²) in [5, 5.41) is 3.16. The Morgan fingerprint density at radius 3 is 2.43 bits per heavy atom. The van der Waals surface area contributed by atoms with Gasteiger partial charge in [0.1, 0.15) is 11.5 Å². The molecule has 23 heavy (non-hydrogen) atoms. The topological polar surface area (TPSA) is 47.6 Å². The number of hydrogen-bond acceptors (Lipinski definition) is 4. The van der Waals surface area contributed by atoms with E-state index in [-0.39, 0.29) is 5.78 Å². The molecule has 3 rings (SSSR count). The normalized spacial score (nSPS) is 14.6. The number of ketones is 1. The number of benzene rings is 2. The summed E-state index contributed by atoms with van der Waals surface area (Å²) in [4.78, 5) is 12.7. The zero-order valence-corrected chi connectivity index (χ0v) is 13.5. The molecule has 4 nitrogen and oxygen atoms in total. The second kappa shape index (κ2) is 6.16. The average Bonchev–Trinajstić information content (AvgIpc) is 2.90. The minimum absolute atomic E-state index is 0.0703. The van der Waals surface area contributed by atoms with Crippen LogP contribution in [-0.2, 0) is 6.42 Å². The van der Waals surface area contributed by atoms with E-state index >= 15 is 0 Å². The summed E-state index contributed by atoms with van der Waals surface area (Å²) in [5.74, 6) is 1.09. The van der Waals surface area contributed by atoms with Crippen LogP contribution >= 0.6 is 0 Å². The molecule has 0 saturated carbocycles. The van der Waals surface area contributed by atoms with Crippen LogP contribution in [-0.4, -0.2) is 20.0 Å². The van der Waals surface area contributed by atoms with Gasteiger partial charge in [0, 0.05) is 12.1 Å². The van der Waals surface area contributed by atoms with Crippen molar-refractivity contribution < 1.29 is 14.3 Å². The van der Waals surface area contributed by atoms with Crippen molar-refractivity contribution in [2.45, 2.75) is 13.3 Å². The summed E-state index contributed by atoms with van der Waals surface area (Å²) in [7, 11) is 3.14. The van der Waals surface area contributed by atoms with E-state index in [2.05, 4.69) is 24.4 Å². The van der Waals surface area contributed by atoms with E-state index in [9.17, 15) is 4.79 Å². The predicted octanol–water partition coefficient (Wildman–Crippen LogP) is 3.92. The summed E-state index contributed by atoms with van der Waals surface area (Å²) in [5.41, 5.74) is 4.05. The molecular weight excluding hydrogens is 290 g/mol. The first kappa shape index (κ1) is 15.2. The summed E-state index contributed by atoms with van der Waals surface area (Å²) in [6.07, 6.45) is 2.85. The Hall–Kier alpha value is -2.75. The lowest BCUT2D eigenvalue weighted by Crippen LogP contribution is -2.01. The van der Waals surface area contributed by atoms with Gasteiger partial charge in [-0.1, -0.05) is 31.2 Å². The number of aryl methyl sites for hydroxylation is 1.